The molecule has 0 heterocycles. The Hall–Kier alpha value is -0.120. The summed E-state index contributed by atoms with van der Waals surface area (Å²) < 4.78 is 0. The molecule has 0 radical (unpaired) electrons. The Kier molecular flexibility index (Phi) is 5.03. The molecule has 3 heteroatoms. The first-order chi connectivity index (χ1) is 6.97. The molecule has 15 heavy (non-hydrogen) atoms. The van der Waals surface area contributed by atoms with Crippen LogP contribution in [0.2, 0.25) is 0 Å². The fraction of sp³-hybridized carbons (Fsp3) is 1.00. The normalized spacial score (nSPS) is 20.8. The number of hydrogen-bond acceptors (Lipinski definition) is 3. The highest BCUT2D eigenvalue weighted by molar-refractivity contribution is 4.74. The van der Waals surface area contributed by atoms with E-state index in [0.717, 1.165) is 12.3 Å². The second-order valence-corrected chi connectivity index (χ2v) is 5.48. The van der Waals surface area contributed by atoms with Crippen LogP contribution in [-0.4, -0.2) is 35.0 Å². The van der Waals surface area contributed by atoms with E-state index in [0.29, 0.717) is 13.1 Å². The standard InChI is InChI=1S/C12H25NO2/c1-12(2,15)9-13-8-11(14)7-10-5-3-4-6-10/h10-11,13-15H,3-9H2,1-2H3. The summed E-state index contributed by atoms with van der Waals surface area (Å²) in [5, 5.41) is 22.3. The second kappa shape index (κ2) is 5.83. The molecule has 90 valence electrons. The predicted molar refractivity (Wildman–Crippen MR) is 61.7 cm³/mol. The van der Waals surface area contributed by atoms with Crippen molar-refractivity contribution in [2.45, 2.75) is 57.7 Å². The van der Waals surface area contributed by atoms with Gasteiger partial charge in [0.1, 0.15) is 0 Å². The molecule has 3 nitrogen and oxygen atoms in total. The lowest BCUT2D eigenvalue weighted by atomic mass is 10.00. The largest absolute Gasteiger partial charge is 0.392 e. The molecule has 0 aromatic heterocycles. The number of aliphatic hydroxyl groups is 2. The van der Waals surface area contributed by atoms with Crippen LogP contribution in [0.4, 0.5) is 0 Å². The van der Waals surface area contributed by atoms with Crippen molar-refractivity contribution in [3.05, 3.63) is 0 Å². The van der Waals surface area contributed by atoms with E-state index in [1.807, 2.05) is 0 Å². The summed E-state index contributed by atoms with van der Waals surface area (Å²) in [6.07, 6.45) is 5.88. The highest BCUT2D eigenvalue weighted by Gasteiger charge is 2.19. The molecule has 0 bridgehead atoms. The zero-order valence-electron chi connectivity index (χ0n) is 10.00. The molecule has 1 unspecified atom stereocenters. The Morgan fingerprint density at radius 2 is 1.93 bits per heavy atom. The van der Waals surface area contributed by atoms with Crippen molar-refractivity contribution in [2.75, 3.05) is 13.1 Å². The van der Waals surface area contributed by atoms with Crippen LogP contribution < -0.4 is 5.32 Å². The molecule has 1 fully saturated rings. The Bertz CT molecular complexity index is 171. The molecule has 0 aromatic rings. The highest BCUT2D eigenvalue weighted by Crippen LogP contribution is 2.28. The molecule has 1 aliphatic rings. The van der Waals surface area contributed by atoms with Crippen LogP contribution in [0.5, 0.6) is 0 Å². The predicted octanol–water partition coefficient (Wildman–Crippen LogP) is 1.29. The zero-order chi connectivity index (χ0) is 11.3. The van der Waals surface area contributed by atoms with E-state index in [1.165, 1.54) is 25.7 Å². The van der Waals surface area contributed by atoms with Crippen molar-refractivity contribution in [3.8, 4) is 0 Å². The van der Waals surface area contributed by atoms with Crippen molar-refractivity contribution in [1.82, 2.24) is 5.32 Å². The number of aliphatic hydroxyl groups excluding tert-OH is 1. The quantitative estimate of drug-likeness (QED) is 0.626. The van der Waals surface area contributed by atoms with Crippen LogP contribution >= 0.6 is 0 Å². The number of rotatable bonds is 6. The molecule has 0 spiro atoms. The summed E-state index contributed by atoms with van der Waals surface area (Å²) >= 11 is 0. The molecule has 1 rings (SSSR count). The van der Waals surface area contributed by atoms with Gasteiger partial charge >= 0.3 is 0 Å². The Labute approximate surface area is 92.9 Å². The number of nitrogens with one attached hydrogen (secondary N) is 1. The molecule has 1 saturated carbocycles. The molecule has 0 aliphatic heterocycles. The topological polar surface area (TPSA) is 52.5 Å². The summed E-state index contributed by atoms with van der Waals surface area (Å²) in [5.41, 5.74) is -0.687. The fourth-order valence-corrected chi connectivity index (χ4v) is 2.26. The third-order valence-electron chi connectivity index (χ3n) is 3.02. The van der Waals surface area contributed by atoms with E-state index in [2.05, 4.69) is 5.32 Å². The van der Waals surface area contributed by atoms with Crippen LogP contribution in [0.1, 0.15) is 46.0 Å². The molecule has 0 saturated heterocycles. The maximum atomic E-state index is 9.76. The molecule has 0 aromatic carbocycles. The minimum absolute atomic E-state index is 0.254. The van der Waals surface area contributed by atoms with Crippen molar-refractivity contribution in [3.63, 3.8) is 0 Å². The van der Waals surface area contributed by atoms with E-state index >= 15 is 0 Å². The lowest BCUT2D eigenvalue weighted by Crippen LogP contribution is -2.38. The van der Waals surface area contributed by atoms with Gasteiger partial charge in [-0.15, -0.1) is 0 Å². The van der Waals surface area contributed by atoms with Crippen LogP contribution in [0, 0.1) is 5.92 Å². The third kappa shape index (κ3) is 6.13. The van der Waals surface area contributed by atoms with E-state index in [-0.39, 0.29) is 6.10 Å². The average Bonchev–Trinajstić information content (AvgIpc) is 2.54. The van der Waals surface area contributed by atoms with Gasteiger partial charge in [0.15, 0.2) is 0 Å². The first-order valence-corrected chi connectivity index (χ1v) is 6.08. The third-order valence-corrected chi connectivity index (χ3v) is 3.02. The molecule has 1 atom stereocenters. The maximum Gasteiger partial charge on any atom is 0.0715 e. The summed E-state index contributed by atoms with van der Waals surface area (Å²) in [4.78, 5) is 0. The fourth-order valence-electron chi connectivity index (χ4n) is 2.26. The van der Waals surface area contributed by atoms with Gasteiger partial charge in [0.25, 0.3) is 0 Å². The highest BCUT2D eigenvalue weighted by atomic mass is 16.3. The molecule has 0 amide bonds. The van der Waals surface area contributed by atoms with E-state index in [1.54, 1.807) is 13.8 Å². The monoisotopic (exact) mass is 215 g/mol. The summed E-state index contributed by atoms with van der Waals surface area (Å²) in [6.45, 7) is 4.67. The molecular formula is C12H25NO2. The smallest absolute Gasteiger partial charge is 0.0715 e. The lowest BCUT2D eigenvalue weighted by Gasteiger charge is -2.20. The zero-order valence-corrected chi connectivity index (χ0v) is 10.00. The Balaban J connectivity index is 2.05. The van der Waals surface area contributed by atoms with E-state index in [9.17, 15) is 10.2 Å². The van der Waals surface area contributed by atoms with E-state index in [4.69, 9.17) is 0 Å². The SMILES string of the molecule is CC(C)(O)CNCC(O)CC1CCCC1. The van der Waals surface area contributed by atoms with Crippen molar-refractivity contribution >= 4 is 0 Å². The molecule has 1 aliphatic carbocycles. The van der Waals surface area contributed by atoms with Gasteiger partial charge in [-0.1, -0.05) is 25.7 Å². The van der Waals surface area contributed by atoms with Crippen LogP contribution in [0.15, 0.2) is 0 Å². The Morgan fingerprint density at radius 1 is 1.33 bits per heavy atom. The van der Waals surface area contributed by atoms with Gasteiger partial charge in [-0.3, -0.25) is 0 Å². The Morgan fingerprint density at radius 3 is 2.47 bits per heavy atom. The van der Waals surface area contributed by atoms with Crippen molar-refractivity contribution in [1.29, 1.82) is 0 Å². The first-order valence-electron chi connectivity index (χ1n) is 6.08. The van der Waals surface area contributed by atoms with Crippen LogP contribution in [0.3, 0.4) is 0 Å². The number of hydrogen-bond donors (Lipinski definition) is 3. The van der Waals surface area contributed by atoms with Gasteiger partial charge in [-0.25, -0.2) is 0 Å². The van der Waals surface area contributed by atoms with Gasteiger partial charge in [0.05, 0.1) is 11.7 Å². The lowest BCUT2D eigenvalue weighted by molar-refractivity contribution is 0.0716. The second-order valence-electron chi connectivity index (χ2n) is 5.48. The average molecular weight is 215 g/mol. The maximum absolute atomic E-state index is 9.76. The minimum atomic E-state index is -0.687. The van der Waals surface area contributed by atoms with Gasteiger partial charge in [0, 0.05) is 13.1 Å². The van der Waals surface area contributed by atoms with Gasteiger partial charge < -0.3 is 15.5 Å². The van der Waals surface area contributed by atoms with E-state index < -0.39 is 5.60 Å². The van der Waals surface area contributed by atoms with Crippen molar-refractivity contribution in [2.24, 2.45) is 5.92 Å². The van der Waals surface area contributed by atoms with Crippen LogP contribution in [-0.2, 0) is 0 Å². The van der Waals surface area contributed by atoms with Crippen LogP contribution in [0.25, 0.3) is 0 Å². The molecular weight excluding hydrogens is 190 g/mol. The first kappa shape index (κ1) is 12.9. The minimum Gasteiger partial charge on any atom is -0.392 e. The summed E-state index contributed by atoms with van der Waals surface area (Å²) in [5.74, 6) is 0.726. The summed E-state index contributed by atoms with van der Waals surface area (Å²) in [7, 11) is 0. The van der Waals surface area contributed by atoms with Gasteiger partial charge in [-0.2, -0.15) is 0 Å². The molecule has 3 N–H and O–H groups in total. The summed E-state index contributed by atoms with van der Waals surface area (Å²) in [6, 6.07) is 0. The van der Waals surface area contributed by atoms with Crippen molar-refractivity contribution < 1.29 is 10.2 Å². The van der Waals surface area contributed by atoms with Gasteiger partial charge in [-0.05, 0) is 26.2 Å². The van der Waals surface area contributed by atoms with Gasteiger partial charge in [0.2, 0.25) is 0 Å².